The minimum absolute atomic E-state index is 0.109. The molecule has 0 spiro atoms. The highest BCUT2D eigenvalue weighted by molar-refractivity contribution is 6.00. The summed E-state index contributed by atoms with van der Waals surface area (Å²) in [5, 5.41) is 16.2. The van der Waals surface area contributed by atoms with E-state index in [1.54, 1.807) is 41.1 Å². The molecule has 0 bridgehead atoms. The van der Waals surface area contributed by atoms with Crippen LogP contribution in [0, 0.1) is 10.1 Å². The molecule has 0 aliphatic carbocycles. The van der Waals surface area contributed by atoms with Crippen LogP contribution in [0.1, 0.15) is 5.56 Å². The van der Waals surface area contributed by atoms with Crippen molar-refractivity contribution >= 4 is 33.7 Å². The standard InChI is InChI=1S/C22H14N6O4/c29-21-17-6-1-3-7-18(17)25-22(30)27(21)24-11-14-13-26(19-8-4-2-5-16(14)19)20-10-9-15(12-23-20)28(31)32/h1-13H,(H,25,30). The summed E-state index contributed by atoms with van der Waals surface area (Å²) >= 11 is 0. The Morgan fingerprint density at radius 3 is 2.50 bits per heavy atom. The Bertz CT molecular complexity index is 1640. The first-order valence-electron chi connectivity index (χ1n) is 9.52. The van der Waals surface area contributed by atoms with Gasteiger partial charge in [-0.05, 0) is 24.3 Å². The Balaban J connectivity index is 1.63. The Morgan fingerprint density at radius 2 is 1.75 bits per heavy atom. The molecule has 0 saturated carbocycles. The van der Waals surface area contributed by atoms with Crippen LogP contribution in [-0.4, -0.2) is 30.3 Å². The number of H-pyrrole nitrogens is 1. The molecule has 0 atom stereocenters. The van der Waals surface area contributed by atoms with Crippen molar-refractivity contribution < 1.29 is 4.92 Å². The molecule has 3 aromatic heterocycles. The number of nitrogens with one attached hydrogen (secondary N) is 1. The molecule has 2 aromatic carbocycles. The van der Waals surface area contributed by atoms with Gasteiger partial charge in [-0.15, -0.1) is 4.68 Å². The van der Waals surface area contributed by atoms with Gasteiger partial charge in [-0.1, -0.05) is 30.3 Å². The van der Waals surface area contributed by atoms with E-state index in [9.17, 15) is 19.7 Å². The molecule has 0 aliphatic rings. The number of pyridine rings is 1. The van der Waals surface area contributed by atoms with Gasteiger partial charge in [0.15, 0.2) is 0 Å². The highest BCUT2D eigenvalue weighted by atomic mass is 16.6. The number of benzene rings is 2. The fourth-order valence-corrected chi connectivity index (χ4v) is 3.51. The molecule has 10 nitrogen and oxygen atoms in total. The average molecular weight is 426 g/mol. The van der Waals surface area contributed by atoms with E-state index in [-0.39, 0.29) is 5.69 Å². The molecule has 10 heteroatoms. The number of aromatic nitrogens is 4. The fraction of sp³-hybridized carbons (Fsp3) is 0. The van der Waals surface area contributed by atoms with Crippen LogP contribution in [0.15, 0.2) is 87.7 Å². The maximum Gasteiger partial charge on any atom is 0.349 e. The van der Waals surface area contributed by atoms with Gasteiger partial charge in [0.05, 0.1) is 27.6 Å². The van der Waals surface area contributed by atoms with E-state index in [0.29, 0.717) is 22.3 Å². The van der Waals surface area contributed by atoms with Crippen molar-refractivity contribution in [3.05, 3.63) is 110 Å². The normalized spacial score (nSPS) is 11.5. The van der Waals surface area contributed by atoms with E-state index in [4.69, 9.17) is 0 Å². The third-order valence-electron chi connectivity index (χ3n) is 5.03. The van der Waals surface area contributed by atoms with Crippen LogP contribution in [0.5, 0.6) is 0 Å². The average Bonchev–Trinajstić information content (AvgIpc) is 3.18. The third kappa shape index (κ3) is 3.16. The second-order valence-corrected chi connectivity index (χ2v) is 6.94. The molecule has 156 valence electrons. The second kappa shape index (κ2) is 7.43. The van der Waals surface area contributed by atoms with Crippen molar-refractivity contribution in [2.45, 2.75) is 0 Å². The molecule has 1 N–H and O–H groups in total. The van der Waals surface area contributed by atoms with Gasteiger partial charge in [0.2, 0.25) is 0 Å². The smallest absolute Gasteiger partial charge is 0.305 e. The van der Waals surface area contributed by atoms with Gasteiger partial charge in [0.25, 0.3) is 11.2 Å². The minimum Gasteiger partial charge on any atom is -0.305 e. The summed E-state index contributed by atoms with van der Waals surface area (Å²) in [6.07, 6.45) is 4.35. The van der Waals surface area contributed by atoms with Gasteiger partial charge in [-0.2, -0.15) is 5.10 Å². The molecule has 0 aliphatic heterocycles. The lowest BCUT2D eigenvalue weighted by Gasteiger charge is -2.03. The molecule has 0 unspecified atom stereocenters. The van der Waals surface area contributed by atoms with Crippen LogP contribution in [-0.2, 0) is 0 Å². The molecule has 5 rings (SSSR count). The zero-order chi connectivity index (χ0) is 22.2. The summed E-state index contributed by atoms with van der Waals surface area (Å²) in [6, 6.07) is 17.1. The van der Waals surface area contributed by atoms with Gasteiger partial charge in [0, 0.05) is 23.2 Å². The summed E-state index contributed by atoms with van der Waals surface area (Å²) in [7, 11) is 0. The summed E-state index contributed by atoms with van der Waals surface area (Å²) in [6.45, 7) is 0. The SMILES string of the molecule is O=c1[nH]c2ccccc2c(=O)n1N=Cc1cn(-c2ccc([N+](=O)[O-])cn2)c2ccccc12. The lowest BCUT2D eigenvalue weighted by Crippen LogP contribution is -2.32. The molecular formula is C22H14N6O4. The first kappa shape index (κ1) is 19.1. The summed E-state index contributed by atoms with van der Waals surface area (Å²) in [5.41, 5.74) is 0.582. The molecule has 0 saturated heterocycles. The molecule has 5 aromatic rings. The van der Waals surface area contributed by atoms with Crippen LogP contribution in [0.4, 0.5) is 5.69 Å². The minimum atomic E-state index is -0.647. The quantitative estimate of drug-likeness (QED) is 0.268. The number of nitrogens with zero attached hydrogens (tertiary/aromatic N) is 5. The van der Waals surface area contributed by atoms with E-state index >= 15 is 0 Å². The Morgan fingerprint density at radius 1 is 1.00 bits per heavy atom. The molecular weight excluding hydrogens is 412 g/mol. The number of rotatable bonds is 4. The number of hydrogen-bond acceptors (Lipinski definition) is 6. The highest BCUT2D eigenvalue weighted by Crippen LogP contribution is 2.24. The molecule has 3 heterocycles. The van der Waals surface area contributed by atoms with Gasteiger partial charge in [0.1, 0.15) is 12.0 Å². The van der Waals surface area contributed by atoms with Crippen LogP contribution in [0.25, 0.3) is 27.6 Å². The number of fused-ring (bicyclic) bond motifs is 2. The third-order valence-corrected chi connectivity index (χ3v) is 5.03. The van der Waals surface area contributed by atoms with Gasteiger partial charge in [-0.25, -0.2) is 9.78 Å². The maximum atomic E-state index is 12.7. The number of para-hydroxylation sites is 2. The van der Waals surface area contributed by atoms with Crippen LogP contribution in [0.3, 0.4) is 0 Å². The summed E-state index contributed by atoms with van der Waals surface area (Å²) in [4.78, 5) is 42.3. The molecule has 0 amide bonds. The van der Waals surface area contributed by atoms with E-state index < -0.39 is 16.2 Å². The molecule has 0 radical (unpaired) electrons. The largest absolute Gasteiger partial charge is 0.349 e. The predicted octanol–water partition coefficient (Wildman–Crippen LogP) is 2.82. The zero-order valence-corrected chi connectivity index (χ0v) is 16.4. The number of aromatic amines is 1. The zero-order valence-electron chi connectivity index (χ0n) is 16.4. The first-order valence-corrected chi connectivity index (χ1v) is 9.52. The van der Waals surface area contributed by atoms with Crippen LogP contribution < -0.4 is 11.2 Å². The van der Waals surface area contributed by atoms with E-state index in [0.717, 1.165) is 15.6 Å². The number of nitro groups is 1. The van der Waals surface area contributed by atoms with Crippen molar-refractivity contribution in [1.82, 2.24) is 19.2 Å². The van der Waals surface area contributed by atoms with Gasteiger partial charge in [-0.3, -0.25) is 14.9 Å². The highest BCUT2D eigenvalue weighted by Gasteiger charge is 2.12. The Hall–Kier alpha value is -4.86. The number of hydrogen-bond donors (Lipinski definition) is 1. The van der Waals surface area contributed by atoms with Crippen molar-refractivity contribution in [2.24, 2.45) is 5.10 Å². The van der Waals surface area contributed by atoms with Crippen LogP contribution >= 0.6 is 0 Å². The van der Waals surface area contributed by atoms with E-state index in [1.165, 1.54) is 18.5 Å². The van der Waals surface area contributed by atoms with Gasteiger partial charge < -0.3 is 9.55 Å². The van der Waals surface area contributed by atoms with Crippen molar-refractivity contribution in [2.75, 3.05) is 0 Å². The van der Waals surface area contributed by atoms with Crippen molar-refractivity contribution in [1.29, 1.82) is 0 Å². The van der Waals surface area contributed by atoms with Crippen LogP contribution in [0.2, 0.25) is 0 Å². The Kier molecular flexibility index (Phi) is 4.44. The van der Waals surface area contributed by atoms with E-state index in [2.05, 4.69) is 15.1 Å². The summed E-state index contributed by atoms with van der Waals surface area (Å²) < 4.78 is 2.53. The first-order chi connectivity index (χ1) is 15.5. The maximum absolute atomic E-state index is 12.7. The molecule has 0 fully saturated rings. The van der Waals surface area contributed by atoms with E-state index in [1.807, 2.05) is 24.3 Å². The summed E-state index contributed by atoms with van der Waals surface area (Å²) in [5.74, 6) is 0.479. The van der Waals surface area contributed by atoms with Gasteiger partial charge >= 0.3 is 5.69 Å². The predicted molar refractivity (Wildman–Crippen MR) is 120 cm³/mol. The lowest BCUT2D eigenvalue weighted by atomic mass is 10.2. The Labute approximate surface area is 178 Å². The second-order valence-electron chi connectivity index (χ2n) is 6.94. The lowest BCUT2D eigenvalue weighted by molar-refractivity contribution is -0.385. The fourth-order valence-electron chi connectivity index (χ4n) is 3.51. The monoisotopic (exact) mass is 426 g/mol. The van der Waals surface area contributed by atoms with Crippen molar-refractivity contribution in [3.63, 3.8) is 0 Å². The molecule has 32 heavy (non-hydrogen) atoms. The topological polar surface area (TPSA) is 128 Å². The van der Waals surface area contributed by atoms with Crippen molar-refractivity contribution in [3.8, 4) is 5.82 Å².